The first-order valence-corrected chi connectivity index (χ1v) is 10.7. The van der Waals surface area contributed by atoms with Gasteiger partial charge in [-0.1, -0.05) is 36.0 Å². The van der Waals surface area contributed by atoms with E-state index in [1.165, 1.54) is 17.3 Å². The summed E-state index contributed by atoms with van der Waals surface area (Å²) < 4.78 is 2.04. The molecule has 1 amide bonds. The van der Waals surface area contributed by atoms with Crippen LogP contribution in [0.15, 0.2) is 53.7 Å². The van der Waals surface area contributed by atoms with Gasteiger partial charge >= 0.3 is 0 Å². The van der Waals surface area contributed by atoms with Crippen LogP contribution in [-0.4, -0.2) is 57.2 Å². The Kier molecular flexibility index (Phi) is 5.84. The van der Waals surface area contributed by atoms with E-state index in [0.29, 0.717) is 11.3 Å². The van der Waals surface area contributed by atoms with Gasteiger partial charge in [-0.2, -0.15) is 5.26 Å². The number of piperazine rings is 1. The highest BCUT2D eigenvalue weighted by Crippen LogP contribution is 2.23. The maximum absolute atomic E-state index is 12.7. The number of nitriles is 1. The molecular weight excluding hydrogens is 382 g/mol. The monoisotopic (exact) mass is 405 g/mol. The first-order valence-electron chi connectivity index (χ1n) is 9.67. The molecule has 1 aliphatic rings. The van der Waals surface area contributed by atoms with Gasteiger partial charge in [0.1, 0.15) is 0 Å². The van der Waals surface area contributed by atoms with Crippen molar-refractivity contribution in [3.8, 4) is 6.07 Å². The van der Waals surface area contributed by atoms with Crippen LogP contribution in [0, 0.1) is 11.3 Å². The summed E-state index contributed by atoms with van der Waals surface area (Å²) in [6, 6.07) is 17.9. The van der Waals surface area contributed by atoms with Crippen LogP contribution < -0.4 is 0 Å². The molecule has 0 saturated carbocycles. The summed E-state index contributed by atoms with van der Waals surface area (Å²) in [5.41, 5.74) is 3.92. The van der Waals surface area contributed by atoms with Crippen molar-refractivity contribution in [2.45, 2.75) is 11.7 Å². The minimum absolute atomic E-state index is 0.167. The van der Waals surface area contributed by atoms with Crippen molar-refractivity contribution >= 4 is 28.7 Å². The molecule has 7 heteroatoms. The van der Waals surface area contributed by atoms with E-state index in [1.807, 2.05) is 65.0 Å². The number of hydrogen-bond donors (Lipinski definition) is 0. The van der Waals surface area contributed by atoms with E-state index in [2.05, 4.69) is 16.0 Å². The number of aryl methyl sites for hydroxylation is 1. The van der Waals surface area contributed by atoms with Crippen molar-refractivity contribution in [1.82, 2.24) is 19.4 Å². The number of fused-ring (bicyclic) bond motifs is 1. The molecule has 1 aliphatic heterocycles. The van der Waals surface area contributed by atoms with Gasteiger partial charge in [0.15, 0.2) is 5.16 Å². The minimum Gasteiger partial charge on any atom is -0.339 e. The molecule has 2 heterocycles. The molecule has 0 aliphatic carbocycles. The molecule has 0 unspecified atom stereocenters. The number of amides is 1. The van der Waals surface area contributed by atoms with Gasteiger partial charge in [-0.3, -0.25) is 9.69 Å². The maximum Gasteiger partial charge on any atom is 0.233 e. The zero-order valence-corrected chi connectivity index (χ0v) is 17.2. The second kappa shape index (κ2) is 8.68. The Labute approximate surface area is 174 Å². The molecule has 29 heavy (non-hydrogen) atoms. The topological polar surface area (TPSA) is 65.2 Å². The number of carbonyl (C=O) groups excluding carboxylic acids is 1. The molecule has 0 N–H and O–H groups in total. The summed E-state index contributed by atoms with van der Waals surface area (Å²) in [5.74, 6) is 0.576. The highest BCUT2D eigenvalue weighted by Gasteiger charge is 2.22. The van der Waals surface area contributed by atoms with E-state index in [9.17, 15) is 4.79 Å². The molecule has 1 aromatic heterocycles. The summed E-state index contributed by atoms with van der Waals surface area (Å²) in [6.07, 6.45) is 0. The lowest BCUT2D eigenvalue weighted by Gasteiger charge is -2.34. The number of imidazole rings is 1. The Balaban J connectivity index is 1.27. The molecule has 0 radical (unpaired) electrons. The van der Waals surface area contributed by atoms with Crippen molar-refractivity contribution in [1.29, 1.82) is 5.26 Å². The van der Waals surface area contributed by atoms with E-state index < -0.39 is 0 Å². The summed E-state index contributed by atoms with van der Waals surface area (Å²) in [5, 5.41) is 9.77. The van der Waals surface area contributed by atoms with Gasteiger partial charge in [0.2, 0.25) is 5.91 Å². The highest BCUT2D eigenvalue weighted by atomic mass is 32.2. The smallest absolute Gasteiger partial charge is 0.233 e. The Hall–Kier alpha value is -2.82. The van der Waals surface area contributed by atoms with E-state index in [1.54, 1.807) is 0 Å². The second-order valence-corrected chi connectivity index (χ2v) is 8.14. The Morgan fingerprint density at radius 3 is 2.52 bits per heavy atom. The number of nitrogens with zero attached hydrogens (tertiary/aromatic N) is 5. The van der Waals surface area contributed by atoms with Crippen LogP contribution in [0.25, 0.3) is 11.0 Å². The lowest BCUT2D eigenvalue weighted by atomic mass is 10.1. The number of thioether (sulfide) groups is 1. The first-order chi connectivity index (χ1) is 14.1. The predicted molar refractivity (Wildman–Crippen MR) is 114 cm³/mol. The van der Waals surface area contributed by atoms with Crippen LogP contribution in [-0.2, 0) is 18.4 Å². The van der Waals surface area contributed by atoms with E-state index in [0.717, 1.165) is 48.9 Å². The third-order valence-corrected chi connectivity index (χ3v) is 6.30. The van der Waals surface area contributed by atoms with E-state index in [4.69, 9.17) is 5.26 Å². The third-order valence-electron chi connectivity index (χ3n) is 5.29. The summed E-state index contributed by atoms with van der Waals surface area (Å²) in [4.78, 5) is 21.6. The van der Waals surface area contributed by atoms with Crippen molar-refractivity contribution in [3.05, 3.63) is 59.7 Å². The van der Waals surface area contributed by atoms with Gasteiger partial charge < -0.3 is 9.47 Å². The first kappa shape index (κ1) is 19.5. The van der Waals surface area contributed by atoms with Crippen molar-refractivity contribution in [3.63, 3.8) is 0 Å². The molecular formula is C22H23N5OS. The summed E-state index contributed by atoms with van der Waals surface area (Å²) in [6.45, 7) is 4.07. The molecule has 4 rings (SSSR count). The van der Waals surface area contributed by atoms with Crippen LogP contribution in [0.1, 0.15) is 11.1 Å². The summed E-state index contributed by atoms with van der Waals surface area (Å²) in [7, 11) is 1.99. The number of carbonyl (C=O) groups is 1. The number of rotatable bonds is 5. The van der Waals surface area contributed by atoms with Crippen LogP contribution in [0.4, 0.5) is 0 Å². The van der Waals surface area contributed by atoms with Crippen molar-refractivity contribution < 1.29 is 4.79 Å². The van der Waals surface area contributed by atoms with Crippen LogP contribution in [0.5, 0.6) is 0 Å². The maximum atomic E-state index is 12.7. The van der Waals surface area contributed by atoms with E-state index in [-0.39, 0.29) is 5.91 Å². The molecule has 0 atom stereocenters. The van der Waals surface area contributed by atoms with Gasteiger partial charge in [-0.15, -0.1) is 0 Å². The fraction of sp³-hybridized carbons (Fsp3) is 0.318. The lowest BCUT2D eigenvalue weighted by Crippen LogP contribution is -2.48. The van der Waals surface area contributed by atoms with Crippen LogP contribution in [0.3, 0.4) is 0 Å². The zero-order chi connectivity index (χ0) is 20.2. The molecule has 1 saturated heterocycles. The molecule has 0 bridgehead atoms. The second-order valence-electron chi connectivity index (χ2n) is 7.20. The number of benzene rings is 2. The van der Waals surface area contributed by atoms with Gasteiger partial charge in [-0.25, -0.2) is 4.98 Å². The molecule has 6 nitrogen and oxygen atoms in total. The molecule has 2 aromatic carbocycles. The Morgan fingerprint density at radius 2 is 1.83 bits per heavy atom. The Bertz CT molecular complexity index is 1050. The third kappa shape index (κ3) is 4.44. The zero-order valence-electron chi connectivity index (χ0n) is 16.4. The van der Waals surface area contributed by atoms with Crippen molar-refractivity contribution in [2.24, 2.45) is 7.05 Å². The molecule has 0 spiro atoms. The van der Waals surface area contributed by atoms with Gasteiger partial charge in [0.25, 0.3) is 0 Å². The highest BCUT2D eigenvalue weighted by molar-refractivity contribution is 7.99. The number of hydrogen-bond acceptors (Lipinski definition) is 5. The normalized spacial score (nSPS) is 14.8. The largest absolute Gasteiger partial charge is 0.339 e. The predicted octanol–water partition coefficient (Wildman–Crippen LogP) is 2.88. The van der Waals surface area contributed by atoms with E-state index >= 15 is 0 Å². The number of para-hydroxylation sites is 2. The number of aromatic nitrogens is 2. The molecule has 148 valence electrons. The molecule has 1 fully saturated rings. The fourth-order valence-corrected chi connectivity index (χ4v) is 4.46. The minimum atomic E-state index is 0.167. The standard InChI is InChI=1S/C22H23N5OS/c1-25-20-5-3-2-4-19(20)24-22(25)29-16-21(28)27-12-10-26(11-13-27)15-18-8-6-17(14-23)7-9-18/h2-9H,10-13,15-16H2,1H3. The van der Waals surface area contributed by atoms with Gasteiger partial charge in [0.05, 0.1) is 28.4 Å². The van der Waals surface area contributed by atoms with Crippen LogP contribution >= 0.6 is 11.8 Å². The SMILES string of the molecule is Cn1c(SCC(=O)N2CCN(Cc3ccc(C#N)cc3)CC2)nc2ccccc21. The fourth-order valence-electron chi connectivity index (χ4n) is 3.57. The Morgan fingerprint density at radius 1 is 1.10 bits per heavy atom. The lowest BCUT2D eigenvalue weighted by molar-refractivity contribution is -0.130. The quantitative estimate of drug-likeness (QED) is 0.611. The average Bonchev–Trinajstić information content (AvgIpc) is 3.09. The van der Waals surface area contributed by atoms with Gasteiger partial charge in [0, 0.05) is 39.8 Å². The average molecular weight is 406 g/mol. The molecule has 3 aromatic rings. The van der Waals surface area contributed by atoms with Crippen LogP contribution in [0.2, 0.25) is 0 Å². The summed E-state index contributed by atoms with van der Waals surface area (Å²) >= 11 is 1.50. The van der Waals surface area contributed by atoms with Gasteiger partial charge in [-0.05, 0) is 29.8 Å². The van der Waals surface area contributed by atoms with Crippen molar-refractivity contribution in [2.75, 3.05) is 31.9 Å².